The molecular weight excluding hydrogens is 520 g/mol. The van der Waals surface area contributed by atoms with Gasteiger partial charge in [0, 0.05) is 11.6 Å². The van der Waals surface area contributed by atoms with E-state index in [0.29, 0.717) is 16.5 Å². The molecule has 196 valence electrons. The molecule has 0 unspecified atom stereocenters. The lowest BCUT2D eigenvalue weighted by atomic mass is 10.1. The molecule has 3 N–H and O–H groups in total. The van der Waals surface area contributed by atoms with E-state index >= 15 is 0 Å². The van der Waals surface area contributed by atoms with E-state index in [2.05, 4.69) is 10.0 Å². The van der Waals surface area contributed by atoms with Gasteiger partial charge in [0.05, 0.1) is 19.1 Å². The van der Waals surface area contributed by atoms with Crippen molar-refractivity contribution >= 4 is 33.5 Å². The van der Waals surface area contributed by atoms with Crippen LogP contribution in [0.5, 0.6) is 11.5 Å². The standard InChI is InChI=1S/C26H27ClN2O7S/c1-35-22-6-3-7-23(36-2)24(22)25(30)28-16-4-5-21(26(31)32)29-37(33,34)20-14-10-18(11-15-20)17-8-12-19(27)13-9-17/h3,6-15,21,29H,4-5,16H2,1-2H3,(H,28,30)(H,31,32)/t21-/m0/s1. The number of carboxylic acids is 1. The van der Waals surface area contributed by atoms with Crippen LogP contribution in [0.25, 0.3) is 11.1 Å². The van der Waals surface area contributed by atoms with E-state index in [1.807, 2.05) is 12.1 Å². The van der Waals surface area contributed by atoms with E-state index in [9.17, 15) is 23.1 Å². The first kappa shape index (κ1) is 28.0. The third-order valence-electron chi connectivity index (χ3n) is 5.55. The summed E-state index contributed by atoms with van der Waals surface area (Å²) >= 11 is 5.91. The first-order chi connectivity index (χ1) is 17.7. The molecule has 0 saturated carbocycles. The van der Waals surface area contributed by atoms with E-state index in [4.69, 9.17) is 21.1 Å². The van der Waals surface area contributed by atoms with Crippen LogP contribution >= 0.6 is 11.6 Å². The maximum Gasteiger partial charge on any atom is 0.321 e. The molecule has 0 radical (unpaired) electrons. The third-order valence-corrected chi connectivity index (χ3v) is 7.29. The summed E-state index contributed by atoms with van der Waals surface area (Å²) in [4.78, 5) is 24.3. The summed E-state index contributed by atoms with van der Waals surface area (Å²) in [5, 5.41) is 12.8. The number of ether oxygens (including phenoxy) is 2. The predicted molar refractivity (Wildman–Crippen MR) is 140 cm³/mol. The number of carbonyl (C=O) groups is 2. The average Bonchev–Trinajstić information content (AvgIpc) is 2.90. The van der Waals surface area contributed by atoms with Crippen LogP contribution in [-0.4, -0.2) is 52.2 Å². The molecule has 0 bridgehead atoms. The molecular formula is C26H27ClN2O7S. The maximum absolute atomic E-state index is 12.8. The number of amides is 1. The normalized spacial score (nSPS) is 12.0. The SMILES string of the molecule is COc1cccc(OC)c1C(=O)NCCC[C@H](NS(=O)(=O)c1ccc(-c2ccc(Cl)cc2)cc1)C(=O)O. The Hall–Kier alpha value is -3.60. The summed E-state index contributed by atoms with van der Waals surface area (Å²) in [6, 6.07) is 16.7. The lowest BCUT2D eigenvalue weighted by Gasteiger charge is -2.16. The second kappa shape index (κ2) is 12.6. The summed E-state index contributed by atoms with van der Waals surface area (Å²) in [6.07, 6.45) is 0.166. The van der Waals surface area contributed by atoms with E-state index in [1.165, 1.54) is 26.4 Å². The van der Waals surface area contributed by atoms with Crippen molar-refractivity contribution in [3.8, 4) is 22.6 Å². The smallest absolute Gasteiger partial charge is 0.321 e. The molecule has 11 heteroatoms. The van der Waals surface area contributed by atoms with Gasteiger partial charge in [-0.1, -0.05) is 41.9 Å². The third kappa shape index (κ3) is 7.22. The Balaban J connectivity index is 1.60. The largest absolute Gasteiger partial charge is 0.496 e. The van der Waals surface area contributed by atoms with Gasteiger partial charge in [0.2, 0.25) is 10.0 Å². The van der Waals surface area contributed by atoms with Gasteiger partial charge < -0.3 is 19.9 Å². The first-order valence-corrected chi connectivity index (χ1v) is 13.1. The van der Waals surface area contributed by atoms with E-state index < -0.39 is 27.9 Å². The highest BCUT2D eigenvalue weighted by molar-refractivity contribution is 7.89. The Morgan fingerprint density at radius 2 is 1.46 bits per heavy atom. The van der Waals surface area contributed by atoms with Crippen molar-refractivity contribution in [3.63, 3.8) is 0 Å². The van der Waals surface area contributed by atoms with Crippen LogP contribution in [-0.2, 0) is 14.8 Å². The van der Waals surface area contributed by atoms with Crippen molar-refractivity contribution < 1.29 is 32.6 Å². The molecule has 0 spiro atoms. The van der Waals surface area contributed by atoms with Gasteiger partial charge in [0.1, 0.15) is 23.1 Å². The van der Waals surface area contributed by atoms with Gasteiger partial charge in [-0.3, -0.25) is 9.59 Å². The number of hydrogen-bond acceptors (Lipinski definition) is 6. The number of carboxylic acid groups (broad SMARTS) is 1. The minimum absolute atomic E-state index is 0.0409. The van der Waals surface area contributed by atoms with Crippen LogP contribution in [0, 0.1) is 0 Å². The number of methoxy groups -OCH3 is 2. The molecule has 1 atom stereocenters. The maximum atomic E-state index is 12.8. The highest BCUT2D eigenvalue weighted by Gasteiger charge is 2.25. The van der Waals surface area contributed by atoms with Gasteiger partial charge in [-0.25, -0.2) is 8.42 Å². The van der Waals surface area contributed by atoms with Gasteiger partial charge in [-0.15, -0.1) is 0 Å². The van der Waals surface area contributed by atoms with E-state index in [0.717, 1.165) is 11.1 Å². The van der Waals surface area contributed by atoms with Gasteiger partial charge in [0.15, 0.2) is 0 Å². The van der Waals surface area contributed by atoms with Crippen molar-refractivity contribution in [2.75, 3.05) is 20.8 Å². The number of nitrogens with one attached hydrogen (secondary N) is 2. The number of carbonyl (C=O) groups excluding carboxylic acids is 1. The molecule has 3 aromatic rings. The molecule has 9 nitrogen and oxygen atoms in total. The number of halogens is 1. The second-order valence-electron chi connectivity index (χ2n) is 7.98. The molecule has 3 rings (SSSR count). The topological polar surface area (TPSA) is 131 Å². The zero-order valence-electron chi connectivity index (χ0n) is 20.2. The molecule has 0 aliphatic rings. The molecule has 0 heterocycles. The molecule has 0 fully saturated rings. The van der Waals surface area contributed by atoms with Gasteiger partial charge in [-0.05, 0) is 60.4 Å². The number of aliphatic carboxylic acids is 1. The van der Waals surface area contributed by atoms with Crippen LogP contribution in [0.2, 0.25) is 5.02 Å². The number of rotatable bonds is 12. The molecule has 0 aliphatic carbocycles. The Kier molecular flexibility index (Phi) is 9.51. The molecule has 3 aromatic carbocycles. The number of hydrogen-bond donors (Lipinski definition) is 3. The van der Waals surface area contributed by atoms with Crippen LogP contribution in [0.15, 0.2) is 71.6 Å². The summed E-state index contributed by atoms with van der Waals surface area (Å²) < 4.78 is 38.3. The Bertz CT molecular complexity index is 1320. The quantitative estimate of drug-likeness (QED) is 0.293. The summed E-state index contributed by atoms with van der Waals surface area (Å²) in [5.74, 6) is -1.12. The predicted octanol–water partition coefficient (Wildman–Crippen LogP) is 3.97. The van der Waals surface area contributed by atoms with Crippen molar-refractivity contribution in [1.29, 1.82) is 0 Å². The van der Waals surface area contributed by atoms with Crippen LogP contribution < -0.4 is 19.5 Å². The molecule has 37 heavy (non-hydrogen) atoms. The first-order valence-electron chi connectivity index (χ1n) is 11.3. The monoisotopic (exact) mass is 546 g/mol. The summed E-state index contributed by atoms with van der Waals surface area (Å²) in [6.45, 7) is 0.112. The fourth-order valence-corrected chi connectivity index (χ4v) is 4.98. The van der Waals surface area contributed by atoms with Gasteiger partial charge in [0.25, 0.3) is 5.91 Å². The molecule has 0 aliphatic heterocycles. The molecule has 0 aromatic heterocycles. The van der Waals surface area contributed by atoms with Gasteiger partial charge >= 0.3 is 5.97 Å². The molecule has 0 saturated heterocycles. The van der Waals surface area contributed by atoms with Crippen molar-refractivity contribution in [3.05, 3.63) is 77.3 Å². The minimum Gasteiger partial charge on any atom is -0.496 e. The van der Waals surface area contributed by atoms with Crippen molar-refractivity contribution in [2.24, 2.45) is 0 Å². The zero-order chi connectivity index (χ0) is 27.0. The highest BCUT2D eigenvalue weighted by Crippen LogP contribution is 2.28. The van der Waals surface area contributed by atoms with Crippen LogP contribution in [0.1, 0.15) is 23.2 Å². The van der Waals surface area contributed by atoms with Gasteiger partial charge in [-0.2, -0.15) is 4.72 Å². The zero-order valence-corrected chi connectivity index (χ0v) is 21.8. The summed E-state index contributed by atoms with van der Waals surface area (Å²) in [5.41, 5.74) is 1.86. The fraction of sp³-hybridized carbons (Fsp3) is 0.231. The second-order valence-corrected chi connectivity index (χ2v) is 10.1. The highest BCUT2D eigenvalue weighted by atomic mass is 35.5. The lowest BCUT2D eigenvalue weighted by molar-refractivity contribution is -0.139. The lowest BCUT2D eigenvalue weighted by Crippen LogP contribution is -2.41. The molecule has 1 amide bonds. The fourth-order valence-electron chi connectivity index (χ4n) is 3.63. The minimum atomic E-state index is -4.10. The Morgan fingerprint density at radius 3 is 1.97 bits per heavy atom. The Morgan fingerprint density at radius 1 is 0.919 bits per heavy atom. The van der Waals surface area contributed by atoms with E-state index in [1.54, 1.807) is 42.5 Å². The van der Waals surface area contributed by atoms with Crippen molar-refractivity contribution in [2.45, 2.75) is 23.8 Å². The summed E-state index contributed by atoms with van der Waals surface area (Å²) in [7, 11) is -1.24. The van der Waals surface area contributed by atoms with Crippen molar-refractivity contribution in [1.82, 2.24) is 10.0 Å². The van der Waals surface area contributed by atoms with Crippen LogP contribution in [0.3, 0.4) is 0 Å². The Labute approximate surface area is 220 Å². The van der Waals surface area contributed by atoms with E-state index in [-0.39, 0.29) is 29.8 Å². The van der Waals surface area contributed by atoms with Crippen LogP contribution in [0.4, 0.5) is 0 Å². The number of benzene rings is 3. The number of sulfonamides is 1. The average molecular weight is 547 g/mol.